The summed E-state index contributed by atoms with van der Waals surface area (Å²) in [4.78, 5) is 29.0. The van der Waals surface area contributed by atoms with E-state index in [4.69, 9.17) is 5.73 Å². The van der Waals surface area contributed by atoms with Crippen LogP contribution in [-0.2, 0) is 11.3 Å². The molecule has 1 aliphatic carbocycles. The Bertz CT molecular complexity index is 873. The van der Waals surface area contributed by atoms with E-state index in [-0.39, 0.29) is 5.56 Å². The summed E-state index contributed by atoms with van der Waals surface area (Å²) in [6, 6.07) is 7.33. The Labute approximate surface area is 151 Å². The average Bonchev–Trinajstić information content (AvgIpc) is 2.62. The summed E-state index contributed by atoms with van der Waals surface area (Å²) in [7, 11) is 0. The number of hydrogen-bond acceptors (Lipinski definition) is 4. The molecule has 0 fully saturated rings. The maximum Gasteiger partial charge on any atom is 0.262 e. The van der Waals surface area contributed by atoms with E-state index in [9.17, 15) is 9.59 Å². The Kier molecular flexibility index (Phi) is 5.58. The zero-order chi connectivity index (χ0) is 17.8. The number of allylic oxidation sites excluding steroid dienone is 2. The molecule has 1 heterocycles. The van der Waals surface area contributed by atoms with Crippen molar-refractivity contribution in [3.05, 3.63) is 46.3 Å². The summed E-state index contributed by atoms with van der Waals surface area (Å²) >= 11 is 1.25. The maximum absolute atomic E-state index is 12.9. The van der Waals surface area contributed by atoms with Gasteiger partial charge in [0.15, 0.2) is 5.16 Å². The van der Waals surface area contributed by atoms with Gasteiger partial charge >= 0.3 is 0 Å². The van der Waals surface area contributed by atoms with E-state index in [2.05, 4.69) is 11.1 Å². The number of aromatic nitrogens is 2. The number of carbonyl (C=O) groups excluding carboxylic acids is 1. The van der Waals surface area contributed by atoms with Gasteiger partial charge in [-0.3, -0.25) is 14.2 Å². The second kappa shape index (κ2) is 7.87. The van der Waals surface area contributed by atoms with Crippen LogP contribution in [0.15, 0.2) is 45.9 Å². The number of benzene rings is 1. The van der Waals surface area contributed by atoms with Crippen LogP contribution in [0.1, 0.15) is 39.0 Å². The minimum absolute atomic E-state index is 0.0545. The van der Waals surface area contributed by atoms with Crippen LogP contribution in [-0.4, -0.2) is 20.7 Å². The predicted molar refractivity (Wildman–Crippen MR) is 102 cm³/mol. The van der Waals surface area contributed by atoms with Crippen molar-refractivity contribution in [2.24, 2.45) is 5.73 Å². The fourth-order valence-electron chi connectivity index (χ4n) is 3.04. The maximum atomic E-state index is 12.9. The topological polar surface area (TPSA) is 78.0 Å². The number of para-hydroxylation sites is 1. The highest BCUT2D eigenvalue weighted by atomic mass is 32.2. The summed E-state index contributed by atoms with van der Waals surface area (Å²) in [5.74, 6) is -0.408. The lowest BCUT2D eigenvalue weighted by atomic mass is 9.97. The number of nitrogens with two attached hydrogens (primary N) is 1. The lowest BCUT2D eigenvalue weighted by molar-refractivity contribution is -0.117. The Morgan fingerprint density at radius 1 is 1.36 bits per heavy atom. The SMILES string of the molecule is CC(Sc1nc2ccccc2c(=O)n1CCC1=CCCCC1)C(N)=O. The van der Waals surface area contributed by atoms with Gasteiger partial charge in [-0.2, -0.15) is 0 Å². The molecule has 0 saturated heterocycles. The lowest BCUT2D eigenvalue weighted by Crippen LogP contribution is -2.27. The third kappa shape index (κ3) is 4.12. The largest absolute Gasteiger partial charge is 0.369 e. The van der Waals surface area contributed by atoms with E-state index in [1.54, 1.807) is 17.6 Å². The van der Waals surface area contributed by atoms with Gasteiger partial charge in [0, 0.05) is 6.54 Å². The first kappa shape index (κ1) is 17.7. The number of amides is 1. The fourth-order valence-corrected chi connectivity index (χ4v) is 3.92. The third-order valence-corrected chi connectivity index (χ3v) is 5.66. The fraction of sp³-hybridized carbons (Fsp3) is 0.421. The molecule has 0 aliphatic heterocycles. The molecule has 0 saturated carbocycles. The minimum Gasteiger partial charge on any atom is -0.369 e. The standard InChI is InChI=1S/C19H23N3O2S/c1-13(17(20)23)25-19-21-16-10-6-5-9-15(16)18(24)22(19)12-11-14-7-3-2-4-8-14/h5-7,9-10,13H,2-4,8,11-12H2,1H3,(H2,20,23). The van der Waals surface area contributed by atoms with E-state index in [1.165, 1.54) is 30.2 Å². The molecule has 1 amide bonds. The Balaban J connectivity index is 1.97. The molecule has 1 atom stereocenters. The van der Waals surface area contributed by atoms with Gasteiger partial charge in [-0.1, -0.05) is 35.5 Å². The van der Waals surface area contributed by atoms with E-state index in [0.29, 0.717) is 22.6 Å². The highest BCUT2D eigenvalue weighted by Crippen LogP contribution is 2.25. The van der Waals surface area contributed by atoms with Crippen LogP contribution in [0.3, 0.4) is 0 Å². The summed E-state index contributed by atoms with van der Waals surface area (Å²) in [6.45, 7) is 2.32. The summed E-state index contributed by atoms with van der Waals surface area (Å²) in [6.07, 6.45) is 7.84. The van der Waals surface area contributed by atoms with E-state index >= 15 is 0 Å². The highest BCUT2D eigenvalue weighted by molar-refractivity contribution is 8.00. The van der Waals surface area contributed by atoms with Gasteiger partial charge in [0.2, 0.25) is 5.91 Å². The van der Waals surface area contributed by atoms with Gasteiger partial charge in [-0.25, -0.2) is 4.98 Å². The second-order valence-electron chi connectivity index (χ2n) is 6.39. The number of thioether (sulfide) groups is 1. The first-order valence-corrected chi connectivity index (χ1v) is 9.57. The van der Waals surface area contributed by atoms with Crippen LogP contribution in [0.2, 0.25) is 0 Å². The van der Waals surface area contributed by atoms with Crippen LogP contribution < -0.4 is 11.3 Å². The Morgan fingerprint density at radius 3 is 2.88 bits per heavy atom. The number of hydrogen-bond donors (Lipinski definition) is 1. The smallest absolute Gasteiger partial charge is 0.262 e. The van der Waals surface area contributed by atoms with Gasteiger partial charge in [0.05, 0.1) is 16.2 Å². The molecule has 25 heavy (non-hydrogen) atoms. The van der Waals surface area contributed by atoms with Crippen LogP contribution >= 0.6 is 11.8 Å². The normalized spacial score (nSPS) is 15.8. The molecule has 1 aromatic heterocycles. The Morgan fingerprint density at radius 2 is 2.16 bits per heavy atom. The molecule has 1 aliphatic rings. The first-order chi connectivity index (χ1) is 12.1. The van der Waals surface area contributed by atoms with Crippen molar-refractivity contribution in [3.63, 3.8) is 0 Å². The van der Waals surface area contributed by atoms with Gasteiger partial charge in [0.25, 0.3) is 5.56 Å². The minimum atomic E-state index is -0.437. The van der Waals surface area contributed by atoms with Crippen molar-refractivity contribution in [2.45, 2.75) is 56.0 Å². The molecule has 1 aromatic carbocycles. The van der Waals surface area contributed by atoms with E-state index in [1.807, 2.05) is 18.2 Å². The third-order valence-electron chi connectivity index (χ3n) is 4.55. The van der Waals surface area contributed by atoms with Crippen molar-refractivity contribution in [1.82, 2.24) is 9.55 Å². The molecule has 1 unspecified atom stereocenters. The number of carbonyl (C=O) groups is 1. The lowest BCUT2D eigenvalue weighted by Gasteiger charge is -2.17. The monoisotopic (exact) mass is 357 g/mol. The van der Waals surface area contributed by atoms with E-state index < -0.39 is 11.2 Å². The molecule has 6 heteroatoms. The number of fused-ring (bicyclic) bond motifs is 1. The van der Waals surface area contributed by atoms with Crippen molar-refractivity contribution in [3.8, 4) is 0 Å². The Hall–Kier alpha value is -2.08. The molecule has 5 nitrogen and oxygen atoms in total. The van der Waals surface area contributed by atoms with Crippen molar-refractivity contribution in [1.29, 1.82) is 0 Å². The van der Waals surface area contributed by atoms with Crippen molar-refractivity contribution >= 4 is 28.6 Å². The molecular weight excluding hydrogens is 334 g/mol. The van der Waals surface area contributed by atoms with Crippen LogP contribution in [0.4, 0.5) is 0 Å². The molecule has 0 bridgehead atoms. The summed E-state index contributed by atoms with van der Waals surface area (Å²) in [5, 5.41) is 0.732. The molecule has 132 valence electrons. The van der Waals surface area contributed by atoms with Gasteiger partial charge < -0.3 is 5.73 Å². The first-order valence-electron chi connectivity index (χ1n) is 8.69. The number of rotatable bonds is 6. The van der Waals surface area contributed by atoms with Gasteiger partial charge in [-0.15, -0.1) is 0 Å². The zero-order valence-corrected chi connectivity index (χ0v) is 15.2. The molecule has 2 N–H and O–H groups in total. The van der Waals surface area contributed by atoms with Gasteiger partial charge in [0.1, 0.15) is 0 Å². The van der Waals surface area contributed by atoms with E-state index in [0.717, 1.165) is 19.3 Å². The quantitative estimate of drug-likeness (QED) is 0.489. The molecule has 2 aromatic rings. The molecule has 0 radical (unpaired) electrons. The van der Waals surface area contributed by atoms with Crippen LogP contribution in [0, 0.1) is 0 Å². The van der Waals surface area contributed by atoms with Gasteiger partial charge in [-0.05, 0) is 51.2 Å². The van der Waals surface area contributed by atoms with Crippen molar-refractivity contribution < 1.29 is 4.79 Å². The predicted octanol–water partition coefficient (Wildman–Crippen LogP) is 3.25. The number of nitrogens with zero attached hydrogens (tertiary/aromatic N) is 2. The molecular formula is C19H23N3O2S. The molecule has 0 spiro atoms. The molecule has 3 rings (SSSR count). The zero-order valence-electron chi connectivity index (χ0n) is 14.4. The number of primary amides is 1. The average molecular weight is 357 g/mol. The van der Waals surface area contributed by atoms with Crippen LogP contribution in [0.25, 0.3) is 10.9 Å². The highest BCUT2D eigenvalue weighted by Gasteiger charge is 2.17. The van der Waals surface area contributed by atoms with Crippen LogP contribution in [0.5, 0.6) is 0 Å². The van der Waals surface area contributed by atoms with Crippen molar-refractivity contribution in [2.75, 3.05) is 0 Å². The summed E-state index contributed by atoms with van der Waals surface area (Å²) in [5.41, 5.74) is 7.40. The second-order valence-corrected chi connectivity index (χ2v) is 7.70. The summed E-state index contributed by atoms with van der Waals surface area (Å²) < 4.78 is 1.70.